The van der Waals surface area contributed by atoms with Crippen molar-refractivity contribution in [3.05, 3.63) is 82.3 Å². The van der Waals surface area contributed by atoms with Gasteiger partial charge >= 0.3 is 0 Å². The average molecular weight is 815 g/mol. The van der Waals surface area contributed by atoms with Crippen molar-refractivity contribution < 1.29 is 14.3 Å². The fourth-order valence-electron chi connectivity index (χ4n) is 6.08. The molecular weight excluding hydrogens is 754 g/mol. The van der Waals surface area contributed by atoms with E-state index in [1.165, 1.54) is 23.9 Å². The SMILES string of the molecule is C.CC(Cl)C(=O)Cl.COc1cc(N2CCN(Cc3ccccc3)C[C@H]2C)ccc1Cl.COc1cc(N2CCNC[C@H]2C)ccc1Cl.C[C@@H]1CNCCN1. The average Bonchev–Trinajstić information content (AvgIpc) is 3.14. The Balaban J connectivity index is 0.000000279. The summed E-state index contributed by atoms with van der Waals surface area (Å²) in [5.74, 6) is 1.48. The molecule has 0 saturated carbocycles. The molecule has 3 fully saturated rings. The molecular formula is C40H60Cl4N6O3. The highest BCUT2D eigenvalue weighted by Gasteiger charge is 2.24. The molecule has 4 atom stereocenters. The van der Waals surface area contributed by atoms with Crippen molar-refractivity contribution >= 4 is 63.0 Å². The van der Waals surface area contributed by atoms with Crippen molar-refractivity contribution in [2.75, 3.05) is 82.9 Å². The molecule has 3 aliphatic rings. The Hall–Kier alpha value is -2.47. The molecule has 1 unspecified atom stereocenters. The fraction of sp³-hybridized carbons (Fsp3) is 0.525. The third kappa shape index (κ3) is 16.0. The van der Waals surface area contributed by atoms with E-state index in [-0.39, 0.29) is 7.43 Å². The number of hydrogen-bond acceptors (Lipinski definition) is 9. The van der Waals surface area contributed by atoms with Crippen molar-refractivity contribution in [2.45, 2.75) is 65.2 Å². The number of piperazine rings is 3. The molecule has 13 heteroatoms. The molecule has 9 nitrogen and oxygen atoms in total. The summed E-state index contributed by atoms with van der Waals surface area (Å²) in [6.45, 7) is 18.8. The molecule has 53 heavy (non-hydrogen) atoms. The second-order valence-corrected chi connectivity index (χ2v) is 15.0. The number of carbonyl (C=O) groups is 1. The zero-order valence-corrected chi connectivity index (χ0v) is 34.3. The monoisotopic (exact) mass is 812 g/mol. The summed E-state index contributed by atoms with van der Waals surface area (Å²) in [7, 11) is 3.30. The van der Waals surface area contributed by atoms with Gasteiger partial charge in [0, 0.05) is 107 Å². The molecule has 296 valence electrons. The summed E-state index contributed by atoms with van der Waals surface area (Å²) in [4.78, 5) is 17.1. The predicted molar refractivity (Wildman–Crippen MR) is 227 cm³/mol. The number of ether oxygens (including phenoxy) is 2. The van der Waals surface area contributed by atoms with Crippen molar-refractivity contribution in [3.8, 4) is 11.5 Å². The number of rotatable bonds is 7. The second kappa shape index (κ2) is 24.8. The highest BCUT2D eigenvalue weighted by molar-refractivity contribution is 6.69. The number of halogens is 4. The van der Waals surface area contributed by atoms with Crippen molar-refractivity contribution in [1.29, 1.82) is 0 Å². The molecule has 0 spiro atoms. The number of nitrogens with one attached hydrogen (secondary N) is 3. The first-order chi connectivity index (χ1) is 24.9. The second-order valence-electron chi connectivity index (χ2n) is 13.1. The molecule has 0 radical (unpaired) electrons. The zero-order valence-electron chi connectivity index (χ0n) is 31.3. The quantitative estimate of drug-likeness (QED) is 0.164. The number of benzene rings is 3. The Morgan fingerprint density at radius 1 is 0.792 bits per heavy atom. The highest BCUT2D eigenvalue weighted by Crippen LogP contribution is 2.32. The van der Waals surface area contributed by atoms with Gasteiger partial charge in [-0.2, -0.15) is 0 Å². The lowest BCUT2D eigenvalue weighted by molar-refractivity contribution is -0.111. The Kier molecular flexibility index (Phi) is 21.9. The maximum Gasteiger partial charge on any atom is 0.239 e. The first-order valence-corrected chi connectivity index (χ1v) is 19.4. The van der Waals surface area contributed by atoms with Gasteiger partial charge in [0.25, 0.3) is 0 Å². The third-order valence-corrected chi connectivity index (χ3v) is 10.2. The summed E-state index contributed by atoms with van der Waals surface area (Å²) in [5.41, 5.74) is 3.73. The third-order valence-electron chi connectivity index (χ3n) is 8.95. The van der Waals surface area contributed by atoms with Crippen LogP contribution in [-0.4, -0.2) is 107 Å². The summed E-state index contributed by atoms with van der Waals surface area (Å²) in [6, 6.07) is 24.3. The number of methoxy groups -OCH3 is 2. The van der Waals surface area contributed by atoms with E-state index in [0.29, 0.717) is 28.2 Å². The van der Waals surface area contributed by atoms with Crippen LogP contribution in [0.4, 0.5) is 11.4 Å². The van der Waals surface area contributed by atoms with E-state index in [1.807, 2.05) is 30.3 Å². The zero-order chi connectivity index (χ0) is 38.0. The van der Waals surface area contributed by atoms with Crippen molar-refractivity contribution in [2.24, 2.45) is 0 Å². The van der Waals surface area contributed by atoms with E-state index in [9.17, 15) is 4.79 Å². The Bertz CT molecular complexity index is 1480. The van der Waals surface area contributed by atoms with Gasteiger partial charge in [0.15, 0.2) is 0 Å². The lowest BCUT2D eigenvalue weighted by Gasteiger charge is -2.41. The van der Waals surface area contributed by atoms with Crippen LogP contribution in [0, 0.1) is 0 Å². The molecule has 3 saturated heterocycles. The molecule has 3 aromatic carbocycles. The maximum absolute atomic E-state index is 9.78. The number of anilines is 2. The number of hydrogen-bond donors (Lipinski definition) is 3. The molecule has 0 aliphatic carbocycles. The number of alkyl halides is 1. The minimum Gasteiger partial charge on any atom is -0.495 e. The van der Waals surface area contributed by atoms with Crippen LogP contribution >= 0.6 is 46.4 Å². The van der Waals surface area contributed by atoms with Gasteiger partial charge < -0.3 is 35.2 Å². The maximum atomic E-state index is 9.78. The number of carbonyl (C=O) groups excluding carboxylic acids is 1. The van der Waals surface area contributed by atoms with Crippen LogP contribution < -0.4 is 35.2 Å². The molecule has 0 bridgehead atoms. The van der Waals surface area contributed by atoms with Crippen LogP contribution in [0.2, 0.25) is 10.0 Å². The van der Waals surface area contributed by atoms with Gasteiger partial charge in [0.05, 0.1) is 24.3 Å². The Morgan fingerprint density at radius 2 is 1.34 bits per heavy atom. The van der Waals surface area contributed by atoms with Gasteiger partial charge in [-0.3, -0.25) is 9.69 Å². The first kappa shape index (κ1) is 46.7. The highest BCUT2D eigenvalue weighted by atomic mass is 35.5. The van der Waals surface area contributed by atoms with Gasteiger partial charge in [0.1, 0.15) is 16.9 Å². The number of nitrogens with zero attached hydrogens (tertiary/aromatic N) is 3. The molecule has 3 heterocycles. The predicted octanol–water partition coefficient (Wildman–Crippen LogP) is 7.79. The Labute approximate surface area is 338 Å². The van der Waals surface area contributed by atoms with Crippen molar-refractivity contribution in [1.82, 2.24) is 20.9 Å². The van der Waals surface area contributed by atoms with Gasteiger partial charge in [-0.25, -0.2) is 0 Å². The van der Waals surface area contributed by atoms with Crippen LogP contribution in [-0.2, 0) is 11.3 Å². The molecule has 3 N–H and O–H groups in total. The van der Waals surface area contributed by atoms with E-state index in [2.05, 4.69) is 87.8 Å². The minimum atomic E-state index is -0.549. The van der Waals surface area contributed by atoms with E-state index in [1.54, 1.807) is 14.2 Å². The lowest BCUT2D eigenvalue weighted by atomic mass is 10.1. The van der Waals surface area contributed by atoms with Gasteiger partial charge in [-0.05, 0) is 69.1 Å². The molecule has 6 rings (SSSR count). The fourth-order valence-corrected chi connectivity index (χ4v) is 6.47. The van der Waals surface area contributed by atoms with E-state index < -0.39 is 10.6 Å². The molecule has 3 aromatic rings. The summed E-state index contributed by atoms with van der Waals surface area (Å²) >= 11 is 22.1. The molecule has 3 aliphatic heterocycles. The van der Waals surface area contributed by atoms with Gasteiger partial charge in [0.2, 0.25) is 5.24 Å². The van der Waals surface area contributed by atoms with E-state index >= 15 is 0 Å². The molecule has 0 amide bonds. The van der Waals surface area contributed by atoms with E-state index in [0.717, 1.165) is 76.9 Å². The minimum absolute atomic E-state index is 0. The van der Waals surface area contributed by atoms with Crippen LogP contribution in [0.15, 0.2) is 66.7 Å². The topological polar surface area (TPSA) is 81.3 Å². The summed E-state index contributed by atoms with van der Waals surface area (Å²) in [5, 5.41) is 10.2. The van der Waals surface area contributed by atoms with Crippen molar-refractivity contribution in [3.63, 3.8) is 0 Å². The molecule has 0 aromatic heterocycles. The summed E-state index contributed by atoms with van der Waals surface area (Å²) < 4.78 is 10.6. The van der Waals surface area contributed by atoms with Gasteiger partial charge in [-0.1, -0.05) is 61.0 Å². The van der Waals surface area contributed by atoms with Crippen LogP contribution in [0.5, 0.6) is 11.5 Å². The van der Waals surface area contributed by atoms with Crippen LogP contribution in [0.25, 0.3) is 0 Å². The smallest absolute Gasteiger partial charge is 0.239 e. The van der Waals surface area contributed by atoms with E-state index in [4.69, 9.17) is 55.9 Å². The van der Waals surface area contributed by atoms with Crippen LogP contribution in [0.1, 0.15) is 40.7 Å². The standard InChI is InChI=1S/C19H23ClN2O.C12H17ClN2O.C5H12N2.C3H4Cl2O.CH4/c1-15-13-21(14-16-6-4-3-5-7-16)10-11-22(15)17-8-9-18(20)19(12-17)23-2;1-9-8-14-5-6-15(9)10-3-4-11(13)12(7-10)16-2;1-5-4-6-2-3-7-5;1-2(4)3(5)6;/h3-9,12,15H,10-11,13-14H2,1-2H3;3-4,7,9,14H,5-6,8H2,1-2H3;5-7H,2-4H2,1H3;2H,1H3;1H4/t15-;9-;5-;;/m111../s1. The first-order valence-electron chi connectivity index (χ1n) is 17.9. The lowest BCUT2D eigenvalue weighted by Crippen LogP contribution is -2.51. The van der Waals surface area contributed by atoms with Crippen LogP contribution in [0.3, 0.4) is 0 Å². The largest absolute Gasteiger partial charge is 0.495 e. The van der Waals surface area contributed by atoms with Gasteiger partial charge in [-0.15, -0.1) is 11.6 Å². The summed E-state index contributed by atoms with van der Waals surface area (Å²) in [6.07, 6.45) is 0. The normalized spacial score (nSPS) is 20.5. The Morgan fingerprint density at radius 3 is 1.77 bits per heavy atom.